The van der Waals surface area contributed by atoms with E-state index in [0.29, 0.717) is 0 Å². The van der Waals surface area contributed by atoms with Crippen LogP contribution in [0.25, 0.3) is 22.3 Å². The van der Waals surface area contributed by atoms with Gasteiger partial charge < -0.3 is 14.5 Å². The van der Waals surface area contributed by atoms with Gasteiger partial charge in [-0.25, -0.2) is 0 Å². The van der Waals surface area contributed by atoms with E-state index in [0.717, 1.165) is 34.2 Å². The number of nitrogens with zero attached hydrogens (tertiary/aromatic N) is 2. The Balaban J connectivity index is 1.19. The van der Waals surface area contributed by atoms with Crippen LogP contribution in [-0.4, -0.2) is 6.10 Å². The maximum atomic E-state index is 7.20. The van der Waals surface area contributed by atoms with Gasteiger partial charge in [0.25, 0.3) is 0 Å². The van der Waals surface area contributed by atoms with Gasteiger partial charge in [0, 0.05) is 45.5 Å². The molecule has 370 valence electrons. The van der Waals surface area contributed by atoms with Crippen LogP contribution in [0.15, 0.2) is 194 Å². The summed E-state index contributed by atoms with van der Waals surface area (Å²) in [4.78, 5) is 5.06. The Labute approximate surface area is 440 Å². The highest BCUT2D eigenvalue weighted by molar-refractivity contribution is 6.02. The van der Waals surface area contributed by atoms with Crippen molar-refractivity contribution in [3.63, 3.8) is 0 Å². The van der Waals surface area contributed by atoms with E-state index >= 15 is 0 Å². The molecule has 0 N–H and O–H groups in total. The highest BCUT2D eigenvalue weighted by Gasteiger charge is 2.56. The summed E-state index contributed by atoms with van der Waals surface area (Å²) >= 11 is 0. The first-order chi connectivity index (χ1) is 35.2. The average Bonchev–Trinajstić information content (AvgIpc) is 4.06. The van der Waals surface area contributed by atoms with Gasteiger partial charge in [0.2, 0.25) is 0 Å². The Morgan fingerprint density at radius 1 is 0.378 bits per heavy atom. The predicted octanol–water partition coefficient (Wildman–Crippen LogP) is 19.1. The van der Waals surface area contributed by atoms with E-state index in [1.54, 1.807) is 0 Å². The third-order valence-electron chi connectivity index (χ3n) is 16.5. The average molecular weight is 967 g/mol. The fourth-order valence-corrected chi connectivity index (χ4v) is 12.5. The van der Waals surface area contributed by atoms with Crippen molar-refractivity contribution < 1.29 is 4.74 Å². The normalized spacial score (nSPS) is 16.8. The fourth-order valence-electron chi connectivity index (χ4n) is 12.5. The van der Waals surface area contributed by atoms with Gasteiger partial charge in [-0.3, -0.25) is 0 Å². The maximum Gasteiger partial charge on any atom is 0.128 e. The lowest BCUT2D eigenvalue weighted by Gasteiger charge is -2.38. The minimum absolute atomic E-state index is 0.00587. The van der Waals surface area contributed by atoms with Gasteiger partial charge in [-0.05, 0) is 156 Å². The number of fused-ring (bicyclic) bond motifs is 13. The van der Waals surface area contributed by atoms with Gasteiger partial charge >= 0.3 is 0 Å². The molecule has 0 radical (unpaired) electrons. The molecule has 74 heavy (non-hydrogen) atoms. The number of anilines is 6. The summed E-state index contributed by atoms with van der Waals surface area (Å²) in [6, 6.07) is 65.4. The molecule has 0 bridgehead atoms. The van der Waals surface area contributed by atoms with Crippen molar-refractivity contribution in [2.45, 2.75) is 122 Å². The minimum Gasteiger partial charge on any atom is -0.485 e. The molecule has 8 aromatic rings. The second kappa shape index (κ2) is 16.8. The van der Waals surface area contributed by atoms with Crippen molar-refractivity contribution in [1.82, 2.24) is 0 Å². The molecule has 1 spiro atoms. The van der Waals surface area contributed by atoms with Crippen LogP contribution in [0.2, 0.25) is 0 Å². The van der Waals surface area contributed by atoms with E-state index in [9.17, 15) is 0 Å². The summed E-state index contributed by atoms with van der Waals surface area (Å²) in [5.41, 5.74) is 22.7. The zero-order chi connectivity index (χ0) is 51.7. The van der Waals surface area contributed by atoms with E-state index in [-0.39, 0.29) is 33.7 Å². The first-order valence-corrected chi connectivity index (χ1v) is 26.8. The molecule has 8 aromatic carbocycles. The number of hydrogen-bond donors (Lipinski definition) is 0. The number of benzene rings is 8. The van der Waals surface area contributed by atoms with Gasteiger partial charge in [0.05, 0.1) is 11.1 Å². The summed E-state index contributed by atoms with van der Waals surface area (Å²) in [5, 5.41) is 0. The van der Waals surface area contributed by atoms with Crippen molar-refractivity contribution >= 4 is 34.1 Å². The van der Waals surface area contributed by atoms with Crippen molar-refractivity contribution in [1.29, 1.82) is 0 Å². The van der Waals surface area contributed by atoms with Gasteiger partial charge in [-0.2, -0.15) is 0 Å². The molecule has 2 atom stereocenters. The Hall–Kier alpha value is -7.36. The SMILES string of the molecule is CC(C)(C)c1ccc(N(c2ccc(C(C)(C)C)cc2)c2ccc3c(c2)C2(c4ccccc4-c4ccccc42)c2c-3cc3c(c2N(c2ccc(C(C)(C)C)cc2)c2ccc(C(C)(C)C)cc2)C2C=CC=CC2O3)cc1. The fraction of sp³-hybridized carbons (Fsp3) is 0.268. The number of allylic oxidation sites excluding steroid dienone is 2. The van der Waals surface area contributed by atoms with E-state index in [1.807, 2.05) is 0 Å². The molecular weight excluding hydrogens is 897 g/mol. The highest BCUT2D eigenvalue weighted by atomic mass is 16.5. The van der Waals surface area contributed by atoms with Crippen LogP contribution in [0.1, 0.15) is 139 Å². The Morgan fingerprint density at radius 2 is 0.770 bits per heavy atom. The van der Waals surface area contributed by atoms with Gasteiger partial charge in [-0.1, -0.05) is 204 Å². The molecule has 1 heterocycles. The quantitative estimate of drug-likeness (QED) is 0.165. The lowest BCUT2D eigenvalue weighted by atomic mass is 9.69. The summed E-state index contributed by atoms with van der Waals surface area (Å²) in [6.45, 7) is 27.6. The largest absolute Gasteiger partial charge is 0.485 e. The molecule has 0 fully saturated rings. The van der Waals surface area contributed by atoms with E-state index in [4.69, 9.17) is 4.74 Å². The van der Waals surface area contributed by atoms with Crippen molar-refractivity contribution in [2.75, 3.05) is 9.80 Å². The summed E-state index contributed by atoms with van der Waals surface area (Å²) in [6.07, 6.45) is 8.86. The predicted molar refractivity (Wildman–Crippen MR) is 312 cm³/mol. The molecule has 4 aliphatic rings. The monoisotopic (exact) mass is 967 g/mol. The standard InChI is InChI=1S/C71H70N2O/c1-67(2,3)45-25-33-49(34-26-45)72(50-35-27-46(28-36-50)68(4,5)6)53-41-42-56-58-44-63-64(57-21-15-18-24-62(57)74-63)66(65(58)71(61(56)43-53)59-22-16-13-19-54(59)55-20-14-17-23-60(55)71)73(51-37-29-47(30-38-51)69(7,8)9)52-39-31-48(32-40-52)70(10,11)12/h13-44,57,62H,1-12H3. The van der Waals surface area contributed by atoms with Gasteiger partial charge in [0.1, 0.15) is 11.9 Å². The lowest BCUT2D eigenvalue weighted by molar-refractivity contribution is 0.269. The lowest BCUT2D eigenvalue weighted by Crippen LogP contribution is -2.29. The molecule has 3 heteroatoms. The molecular formula is C71H70N2O. The Bertz CT molecular complexity index is 3380. The van der Waals surface area contributed by atoms with Crippen LogP contribution in [0.4, 0.5) is 34.1 Å². The summed E-state index contributed by atoms with van der Waals surface area (Å²) < 4.78 is 7.20. The number of ether oxygens (including phenoxy) is 1. The van der Waals surface area contributed by atoms with Crippen molar-refractivity contribution in [2.24, 2.45) is 0 Å². The Morgan fingerprint density at radius 3 is 1.22 bits per heavy atom. The molecule has 3 nitrogen and oxygen atoms in total. The first-order valence-electron chi connectivity index (χ1n) is 26.8. The highest BCUT2D eigenvalue weighted by Crippen LogP contribution is 2.68. The molecule has 0 saturated carbocycles. The molecule has 0 saturated heterocycles. The van der Waals surface area contributed by atoms with Crippen LogP contribution < -0.4 is 14.5 Å². The molecule has 2 unspecified atom stereocenters. The van der Waals surface area contributed by atoms with Crippen LogP contribution >= 0.6 is 0 Å². The molecule has 0 amide bonds. The van der Waals surface area contributed by atoms with Crippen LogP contribution in [0, 0.1) is 0 Å². The van der Waals surface area contributed by atoms with Crippen molar-refractivity contribution in [3.8, 4) is 28.0 Å². The zero-order valence-electron chi connectivity index (χ0n) is 45.4. The van der Waals surface area contributed by atoms with Crippen LogP contribution in [0.5, 0.6) is 5.75 Å². The van der Waals surface area contributed by atoms with E-state index < -0.39 is 5.41 Å². The summed E-state index contributed by atoms with van der Waals surface area (Å²) in [5.74, 6) is 0.949. The molecule has 12 rings (SSSR count). The van der Waals surface area contributed by atoms with Gasteiger partial charge in [0.15, 0.2) is 0 Å². The second-order valence-corrected chi connectivity index (χ2v) is 25.4. The topological polar surface area (TPSA) is 15.7 Å². The Kier molecular flexibility index (Phi) is 10.8. The number of hydrogen-bond acceptors (Lipinski definition) is 3. The second-order valence-electron chi connectivity index (χ2n) is 25.4. The smallest absolute Gasteiger partial charge is 0.128 e. The zero-order valence-corrected chi connectivity index (χ0v) is 45.4. The van der Waals surface area contributed by atoms with Crippen LogP contribution in [-0.2, 0) is 27.1 Å². The first kappa shape index (κ1) is 47.6. The minimum atomic E-state index is -0.711. The number of rotatable bonds is 6. The summed E-state index contributed by atoms with van der Waals surface area (Å²) in [7, 11) is 0. The molecule has 3 aliphatic carbocycles. The third-order valence-corrected chi connectivity index (χ3v) is 16.5. The van der Waals surface area contributed by atoms with E-state index in [1.165, 1.54) is 78.0 Å². The third kappa shape index (κ3) is 7.52. The molecule has 1 aliphatic heterocycles. The van der Waals surface area contributed by atoms with Crippen LogP contribution in [0.3, 0.4) is 0 Å². The van der Waals surface area contributed by atoms with Gasteiger partial charge in [-0.15, -0.1) is 0 Å². The molecule has 0 aromatic heterocycles. The van der Waals surface area contributed by atoms with E-state index in [2.05, 4.69) is 287 Å². The van der Waals surface area contributed by atoms with Crippen molar-refractivity contribution in [3.05, 3.63) is 244 Å². The maximum absolute atomic E-state index is 7.20.